The number of hydrogen-bond donors (Lipinski definition) is 1. The Hall–Kier alpha value is -1.84. The summed E-state index contributed by atoms with van der Waals surface area (Å²) in [6.07, 6.45) is 2.11. The van der Waals surface area contributed by atoms with Gasteiger partial charge < -0.3 is 10.5 Å². The molecule has 1 fully saturated rings. The Morgan fingerprint density at radius 2 is 1.65 bits per heavy atom. The van der Waals surface area contributed by atoms with E-state index in [0.717, 1.165) is 18.4 Å². The van der Waals surface area contributed by atoms with Crippen molar-refractivity contribution in [2.24, 2.45) is 11.7 Å². The molecule has 1 aliphatic rings. The van der Waals surface area contributed by atoms with E-state index in [1.165, 1.54) is 5.56 Å². The average molecular weight is 332 g/mol. The Bertz CT molecular complexity index is 618. The third kappa shape index (κ3) is 4.57. The van der Waals surface area contributed by atoms with Crippen LogP contribution in [0.5, 0.6) is 0 Å². The number of nitrogens with two attached hydrogens (primary N) is 1. The van der Waals surface area contributed by atoms with Gasteiger partial charge in [-0.3, -0.25) is 4.79 Å². The Morgan fingerprint density at radius 1 is 1.04 bits per heavy atom. The van der Waals surface area contributed by atoms with Crippen LogP contribution in [0.15, 0.2) is 60.7 Å². The number of rotatable bonds is 5. The van der Waals surface area contributed by atoms with Gasteiger partial charge in [0.2, 0.25) is 0 Å². The smallest absolute Gasteiger partial charge is 0.309 e. The maximum Gasteiger partial charge on any atom is 0.309 e. The summed E-state index contributed by atoms with van der Waals surface area (Å²) in [5.41, 5.74) is 8.49. The molecule has 3 nitrogen and oxygen atoms in total. The van der Waals surface area contributed by atoms with Gasteiger partial charge in [-0.2, -0.15) is 0 Å². The fourth-order valence-corrected chi connectivity index (χ4v) is 3.05. The molecule has 0 amide bonds. The summed E-state index contributed by atoms with van der Waals surface area (Å²) in [5.74, 6) is -0.135. The highest BCUT2D eigenvalue weighted by molar-refractivity contribution is 5.85. The third-order valence-electron chi connectivity index (χ3n) is 4.23. The first-order valence-corrected chi connectivity index (χ1v) is 7.77. The van der Waals surface area contributed by atoms with E-state index in [1.807, 2.05) is 48.5 Å². The van der Waals surface area contributed by atoms with Crippen molar-refractivity contribution in [1.29, 1.82) is 0 Å². The van der Waals surface area contributed by atoms with Gasteiger partial charge in [0, 0.05) is 12.5 Å². The van der Waals surface area contributed by atoms with Gasteiger partial charge in [-0.05, 0) is 24.0 Å². The Kier molecular flexibility index (Phi) is 6.20. The number of benzene rings is 2. The lowest BCUT2D eigenvalue weighted by Gasteiger charge is -2.16. The Balaban J connectivity index is 0.00000192. The summed E-state index contributed by atoms with van der Waals surface area (Å²) in [7, 11) is 0. The first-order valence-electron chi connectivity index (χ1n) is 7.77. The molecule has 2 aromatic carbocycles. The molecule has 1 saturated heterocycles. The van der Waals surface area contributed by atoms with Gasteiger partial charge in [-0.1, -0.05) is 60.7 Å². The van der Waals surface area contributed by atoms with Gasteiger partial charge in [0.1, 0.15) is 6.10 Å². The molecule has 0 saturated carbocycles. The predicted molar refractivity (Wildman–Crippen MR) is 93.4 cm³/mol. The minimum atomic E-state index is -0.0888. The van der Waals surface area contributed by atoms with Crippen molar-refractivity contribution in [1.82, 2.24) is 0 Å². The fourth-order valence-electron chi connectivity index (χ4n) is 3.05. The lowest BCUT2D eigenvalue weighted by atomic mass is 9.93. The SMILES string of the molecule is Cl.NC(CC1CC(Cc2ccccc2)C(=O)O1)c1ccccc1. The number of halogens is 1. The van der Waals surface area contributed by atoms with E-state index in [4.69, 9.17) is 10.5 Å². The standard InChI is InChI=1S/C19H21NO2.ClH/c20-18(15-9-5-2-6-10-15)13-17-12-16(19(21)22-17)11-14-7-3-1-4-8-14;/h1-10,16-18H,11-13,20H2;1H. The van der Waals surface area contributed by atoms with Crippen LogP contribution in [0.3, 0.4) is 0 Å². The van der Waals surface area contributed by atoms with Crippen LogP contribution in [0.2, 0.25) is 0 Å². The zero-order valence-electron chi connectivity index (χ0n) is 12.9. The minimum Gasteiger partial charge on any atom is -0.462 e. The lowest BCUT2D eigenvalue weighted by Crippen LogP contribution is -2.18. The van der Waals surface area contributed by atoms with E-state index in [9.17, 15) is 4.79 Å². The van der Waals surface area contributed by atoms with Crippen LogP contribution in [0, 0.1) is 5.92 Å². The number of ether oxygens (including phenoxy) is 1. The maximum atomic E-state index is 12.0. The Morgan fingerprint density at radius 3 is 2.30 bits per heavy atom. The van der Waals surface area contributed by atoms with E-state index in [1.54, 1.807) is 0 Å². The summed E-state index contributed by atoms with van der Waals surface area (Å²) in [4.78, 5) is 12.0. The molecule has 0 aromatic heterocycles. The third-order valence-corrected chi connectivity index (χ3v) is 4.23. The van der Waals surface area contributed by atoms with Crippen LogP contribution in [0.4, 0.5) is 0 Å². The molecule has 0 aliphatic carbocycles. The van der Waals surface area contributed by atoms with E-state index in [-0.39, 0.29) is 36.4 Å². The second kappa shape index (κ2) is 8.14. The van der Waals surface area contributed by atoms with Crippen molar-refractivity contribution in [2.45, 2.75) is 31.4 Å². The van der Waals surface area contributed by atoms with Gasteiger partial charge in [-0.15, -0.1) is 12.4 Å². The molecular formula is C19H22ClNO2. The molecule has 0 radical (unpaired) electrons. The summed E-state index contributed by atoms with van der Waals surface area (Å²) in [6.45, 7) is 0. The lowest BCUT2D eigenvalue weighted by molar-refractivity contribution is -0.144. The highest BCUT2D eigenvalue weighted by atomic mass is 35.5. The van der Waals surface area contributed by atoms with E-state index < -0.39 is 0 Å². The predicted octanol–water partition coefficient (Wildman–Crippen LogP) is 3.67. The molecule has 3 rings (SSSR count). The van der Waals surface area contributed by atoms with Gasteiger partial charge in [-0.25, -0.2) is 0 Å². The van der Waals surface area contributed by atoms with Crippen molar-refractivity contribution in [3.8, 4) is 0 Å². The van der Waals surface area contributed by atoms with E-state index >= 15 is 0 Å². The molecule has 23 heavy (non-hydrogen) atoms. The highest BCUT2D eigenvalue weighted by Gasteiger charge is 2.35. The topological polar surface area (TPSA) is 52.3 Å². The minimum absolute atomic E-state index is 0. The Labute approximate surface area is 143 Å². The van der Waals surface area contributed by atoms with Crippen LogP contribution in [0.1, 0.15) is 30.0 Å². The summed E-state index contributed by atoms with van der Waals surface area (Å²) in [6, 6.07) is 20.0. The van der Waals surface area contributed by atoms with Crippen LogP contribution in [-0.4, -0.2) is 12.1 Å². The molecular weight excluding hydrogens is 310 g/mol. The van der Waals surface area contributed by atoms with Crippen molar-refractivity contribution in [3.05, 3.63) is 71.8 Å². The average Bonchev–Trinajstić information content (AvgIpc) is 2.88. The molecule has 2 aromatic rings. The van der Waals surface area contributed by atoms with Crippen LogP contribution in [-0.2, 0) is 16.0 Å². The monoisotopic (exact) mass is 331 g/mol. The van der Waals surface area contributed by atoms with Crippen molar-refractivity contribution < 1.29 is 9.53 Å². The van der Waals surface area contributed by atoms with Crippen molar-refractivity contribution >= 4 is 18.4 Å². The molecule has 122 valence electrons. The van der Waals surface area contributed by atoms with Gasteiger partial charge >= 0.3 is 5.97 Å². The normalized spacial score (nSPS) is 21.3. The van der Waals surface area contributed by atoms with Crippen LogP contribution < -0.4 is 5.73 Å². The summed E-state index contributed by atoms with van der Waals surface area (Å²) < 4.78 is 5.52. The van der Waals surface area contributed by atoms with Gasteiger partial charge in [0.15, 0.2) is 0 Å². The van der Waals surface area contributed by atoms with Crippen LogP contribution >= 0.6 is 12.4 Å². The number of carbonyl (C=O) groups is 1. The first kappa shape index (κ1) is 17.5. The second-order valence-electron chi connectivity index (χ2n) is 5.93. The molecule has 3 atom stereocenters. The van der Waals surface area contributed by atoms with E-state index in [0.29, 0.717) is 6.42 Å². The van der Waals surface area contributed by atoms with Gasteiger partial charge in [0.05, 0.1) is 5.92 Å². The molecule has 0 spiro atoms. The summed E-state index contributed by atoms with van der Waals surface area (Å²) in [5, 5.41) is 0. The summed E-state index contributed by atoms with van der Waals surface area (Å²) >= 11 is 0. The molecule has 1 aliphatic heterocycles. The molecule has 1 heterocycles. The van der Waals surface area contributed by atoms with Crippen molar-refractivity contribution in [3.63, 3.8) is 0 Å². The number of esters is 1. The van der Waals surface area contributed by atoms with E-state index in [2.05, 4.69) is 12.1 Å². The number of hydrogen-bond acceptors (Lipinski definition) is 3. The number of carbonyl (C=O) groups excluding carboxylic acids is 1. The molecule has 2 N–H and O–H groups in total. The second-order valence-corrected chi connectivity index (χ2v) is 5.93. The first-order chi connectivity index (χ1) is 10.7. The van der Waals surface area contributed by atoms with Gasteiger partial charge in [0.25, 0.3) is 0 Å². The quantitative estimate of drug-likeness (QED) is 0.850. The fraction of sp³-hybridized carbons (Fsp3) is 0.316. The zero-order valence-corrected chi connectivity index (χ0v) is 13.7. The van der Waals surface area contributed by atoms with Crippen molar-refractivity contribution in [2.75, 3.05) is 0 Å². The zero-order chi connectivity index (χ0) is 15.4. The molecule has 4 heteroatoms. The molecule has 3 unspecified atom stereocenters. The highest BCUT2D eigenvalue weighted by Crippen LogP contribution is 2.30. The largest absolute Gasteiger partial charge is 0.462 e. The van der Waals surface area contributed by atoms with Crippen LogP contribution in [0.25, 0.3) is 0 Å². The maximum absolute atomic E-state index is 12.0. The molecule has 0 bridgehead atoms. The number of cyclic esters (lactones) is 1.